The Kier molecular flexibility index (Phi) is 6.99. The van der Waals surface area contributed by atoms with Crippen LogP contribution in [0.5, 0.6) is 0 Å². The van der Waals surface area contributed by atoms with Crippen molar-refractivity contribution in [3.05, 3.63) is 48.0 Å². The zero-order valence-electron chi connectivity index (χ0n) is 12.2. The number of alkyl halides is 3. The number of benzene rings is 1. The third kappa shape index (κ3) is 7.54. The summed E-state index contributed by atoms with van der Waals surface area (Å²) in [5.41, 5.74) is 0.947. The SMILES string of the molecule is CC(C)/C=C/COC(=NCCc1ccccc1)C(F)(F)F. The van der Waals surface area contributed by atoms with Crippen molar-refractivity contribution in [2.24, 2.45) is 10.9 Å². The monoisotopic (exact) mass is 299 g/mol. The summed E-state index contributed by atoms with van der Waals surface area (Å²) in [5.74, 6) is -0.884. The first-order valence-electron chi connectivity index (χ1n) is 6.84. The van der Waals surface area contributed by atoms with Crippen molar-refractivity contribution in [3.8, 4) is 0 Å². The van der Waals surface area contributed by atoms with Crippen LogP contribution in [0.3, 0.4) is 0 Å². The summed E-state index contributed by atoms with van der Waals surface area (Å²) >= 11 is 0. The van der Waals surface area contributed by atoms with E-state index < -0.39 is 12.1 Å². The maximum atomic E-state index is 12.8. The van der Waals surface area contributed by atoms with Crippen LogP contribution in [-0.2, 0) is 11.2 Å². The molecule has 1 rings (SSSR count). The van der Waals surface area contributed by atoms with Crippen LogP contribution in [0.1, 0.15) is 19.4 Å². The molecule has 116 valence electrons. The summed E-state index contributed by atoms with van der Waals surface area (Å²) in [6, 6.07) is 9.26. The highest BCUT2D eigenvalue weighted by molar-refractivity contribution is 5.81. The van der Waals surface area contributed by atoms with Crippen molar-refractivity contribution < 1.29 is 17.9 Å². The van der Waals surface area contributed by atoms with Crippen molar-refractivity contribution in [2.75, 3.05) is 13.2 Å². The Bertz CT molecular complexity index is 464. The fourth-order valence-corrected chi connectivity index (χ4v) is 1.60. The van der Waals surface area contributed by atoms with Crippen LogP contribution in [-0.4, -0.2) is 25.2 Å². The zero-order chi connectivity index (χ0) is 15.7. The normalized spacial score (nSPS) is 13.1. The fourth-order valence-electron chi connectivity index (χ4n) is 1.60. The van der Waals surface area contributed by atoms with Crippen molar-refractivity contribution >= 4 is 5.90 Å². The van der Waals surface area contributed by atoms with Crippen LogP contribution in [0, 0.1) is 5.92 Å². The molecule has 0 aliphatic rings. The summed E-state index contributed by atoms with van der Waals surface area (Å²) in [4.78, 5) is 3.54. The minimum Gasteiger partial charge on any atom is -0.470 e. The van der Waals surface area contributed by atoms with Gasteiger partial charge in [-0.3, -0.25) is 0 Å². The average Bonchev–Trinajstić information content (AvgIpc) is 2.41. The van der Waals surface area contributed by atoms with Gasteiger partial charge in [0.2, 0.25) is 0 Å². The Balaban J connectivity index is 2.55. The first-order chi connectivity index (χ1) is 9.89. The number of rotatable bonds is 6. The Morgan fingerprint density at radius 2 is 1.90 bits per heavy atom. The highest BCUT2D eigenvalue weighted by Crippen LogP contribution is 2.18. The zero-order valence-corrected chi connectivity index (χ0v) is 12.2. The van der Waals surface area contributed by atoms with E-state index in [1.165, 1.54) is 0 Å². The highest BCUT2D eigenvalue weighted by atomic mass is 19.4. The largest absolute Gasteiger partial charge is 0.470 e. The van der Waals surface area contributed by atoms with E-state index in [2.05, 4.69) is 4.99 Å². The van der Waals surface area contributed by atoms with Crippen molar-refractivity contribution in [1.29, 1.82) is 0 Å². The molecule has 0 N–H and O–H groups in total. The van der Waals surface area contributed by atoms with E-state index in [1.54, 1.807) is 12.2 Å². The van der Waals surface area contributed by atoms with Gasteiger partial charge in [0.1, 0.15) is 6.61 Å². The van der Waals surface area contributed by atoms with Gasteiger partial charge in [-0.1, -0.05) is 56.3 Å². The van der Waals surface area contributed by atoms with Gasteiger partial charge in [0.05, 0.1) is 0 Å². The third-order valence-corrected chi connectivity index (χ3v) is 2.58. The number of halogens is 3. The van der Waals surface area contributed by atoms with E-state index in [4.69, 9.17) is 4.74 Å². The number of ether oxygens (including phenoxy) is 1. The molecule has 2 nitrogen and oxygen atoms in total. The van der Waals surface area contributed by atoms with Gasteiger partial charge < -0.3 is 4.74 Å². The number of hydrogen-bond donors (Lipinski definition) is 0. The van der Waals surface area contributed by atoms with Gasteiger partial charge in [0.25, 0.3) is 5.90 Å². The van der Waals surface area contributed by atoms with Gasteiger partial charge in [-0.2, -0.15) is 13.2 Å². The first kappa shape index (κ1) is 17.3. The molecule has 0 unspecified atom stereocenters. The number of nitrogens with zero attached hydrogens (tertiary/aromatic N) is 1. The summed E-state index contributed by atoms with van der Waals surface area (Å²) < 4.78 is 43.0. The van der Waals surface area contributed by atoms with E-state index in [0.29, 0.717) is 6.42 Å². The number of hydrogen-bond acceptors (Lipinski definition) is 2. The van der Waals surface area contributed by atoms with Crippen molar-refractivity contribution in [3.63, 3.8) is 0 Å². The van der Waals surface area contributed by atoms with E-state index >= 15 is 0 Å². The molecule has 0 saturated carbocycles. The van der Waals surface area contributed by atoms with Crippen LogP contribution in [0.25, 0.3) is 0 Å². The van der Waals surface area contributed by atoms with E-state index in [1.807, 2.05) is 44.2 Å². The molecular weight excluding hydrogens is 279 g/mol. The predicted molar refractivity (Wildman–Crippen MR) is 78.4 cm³/mol. The van der Waals surface area contributed by atoms with Gasteiger partial charge in [-0.25, -0.2) is 4.99 Å². The lowest BCUT2D eigenvalue weighted by atomic mass is 10.2. The Labute approximate surface area is 123 Å². The van der Waals surface area contributed by atoms with Crippen LogP contribution < -0.4 is 0 Å². The fraction of sp³-hybridized carbons (Fsp3) is 0.438. The lowest BCUT2D eigenvalue weighted by molar-refractivity contribution is -0.0773. The number of allylic oxidation sites excluding steroid dienone is 1. The molecule has 0 aliphatic heterocycles. The molecule has 0 spiro atoms. The molecule has 0 atom stereocenters. The van der Waals surface area contributed by atoms with Gasteiger partial charge in [-0.15, -0.1) is 0 Å². The third-order valence-electron chi connectivity index (χ3n) is 2.58. The standard InChI is InChI=1S/C16H20F3NO/c1-13(2)7-6-12-21-15(16(17,18)19)20-11-10-14-8-4-3-5-9-14/h3-9,13H,10-12H2,1-2H3/b7-6+,20-15?. The molecule has 0 amide bonds. The summed E-state index contributed by atoms with van der Waals surface area (Å²) in [5, 5.41) is 0. The maximum Gasteiger partial charge on any atom is 0.468 e. The molecular formula is C16H20F3NO. The van der Waals surface area contributed by atoms with Gasteiger partial charge in [0, 0.05) is 6.54 Å². The second-order valence-corrected chi connectivity index (χ2v) is 4.90. The molecule has 0 bridgehead atoms. The lowest BCUT2D eigenvalue weighted by Crippen LogP contribution is -2.26. The second-order valence-electron chi connectivity index (χ2n) is 4.90. The van der Waals surface area contributed by atoms with Crippen molar-refractivity contribution in [1.82, 2.24) is 0 Å². The molecule has 0 radical (unpaired) electrons. The Hall–Kier alpha value is -1.78. The highest BCUT2D eigenvalue weighted by Gasteiger charge is 2.37. The van der Waals surface area contributed by atoms with Crippen LogP contribution in [0.4, 0.5) is 13.2 Å². The van der Waals surface area contributed by atoms with E-state index in [9.17, 15) is 13.2 Å². The molecule has 0 saturated heterocycles. The predicted octanol–water partition coefficient (Wildman–Crippen LogP) is 4.42. The minimum absolute atomic E-state index is 0.0484. The van der Waals surface area contributed by atoms with Crippen LogP contribution >= 0.6 is 0 Å². The van der Waals surface area contributed by atoms with E-state index in [-0.39, 0.29) is 19.1 Å². The van der Waals surface area contributed by atoms with E-state index in [0.717, 1.165) is 5.56 Å². The maximum absolute atomic E-state index is 12.8. The Morgan fingerprint density at radius 3 is 2.48 bits per heavy atom. The molecule has 0 heterocycles. The summed E-state index contributed by atoms with van der Waals surface area (Å²) in [6.45, 7) is 3.80. The van der Waals surface area contributed by atoms with Gasteiger partial charge in [0.15, 0.2) is 0 Å². The van der Waals surface area contributed by atoms with Crippen LogP contribution in [0.15, 0.2) is 47.5 Å². The minimum atomic E-state index is -4.55. The molecule has 0 aliphatic carbocycles. The summed E-state index contributed by atoms with van der Waals surface area (Å²) in [6.07, 6.45) is -0.741. The second kappa shape index (κ2) is 8.49. The molecule has 21 heavy (non-hydrogen) atoms. The topological polar surface area (TPSA) is 21.6 Å². The molecule has 1 aromatic rings. The molecule has 5 heteroatoms. The Morgan fingerprint density at radius 1 is 1.24 bits per heavy atom. The summed E-state index contributed by atoms with van der Waals surface area (Å²) in [7, 11) is 0. The smallest absolute Gasteiger partial charge is 0.468 e. The molecule has 1 aromatic carbocycles. The van der Waals surface area contributed by atoms with Crippen molar-refractivity contribution in [2.45, 2.75) is 26.4 Å². The van der Waals surface area contributed by atoms with Gasteiger partial charge in [-0.05, 0) is 17.9 Å². The first-order valence-corrected chi connectivity index (χ1v) is 6.84. The average molecular weight is 299 g/mol. The number of aliphatic imine (C=N–C) groups is 1. The molecule has 0 aromatic heterocycles. The van der Waals surface area contributed by atoms with Crippen LogP contribution in [0.2, 0.25) is 0 Å². The quantitative estimate of drug-likeness (QED) is 0.433. The lowest BCUT2D eigenvalue weighted by Gasteiger charge is -2.11. The van der Waals surface area contributed by atoms with Gasteiger partial charge >= 0.3 is 6.18 Å². The molecule has 0 fully saturated rings.